The molecule has 4 amide bonds. The minimum atomic E-state index is -1.37. The van der Waals surface area contributed by atoms with Crippen LogP contribution < -0.4 is 27.4 Å². The van der Waals surface area contributed by atoms with Gasteiger partial charge in [0.15, 0.2) is 0 Å². The van der Waals surface area contributed by atoms with Crippen molar-refractivity contribution in [3.63, 3.8) is 0 Å². The Labute approximate surface area is 181 Å². The maximum atomic E-state index is 12.6. The second-order valence-corrected chi connectivity index (χ2v) is 8.11. The van der Waals surface area contributed by atoms with E-state index in [0.29, 0.717) is 0 Å². The zero-order chi connectivity index (χ0) is 24.3. The molecule has 0 aromatic heterocycles. The summed E-state index contributed by atoms with van der Waals surface area (Å²) in [4.78, 5) is 59.5. The molecule has 0 saturated carbocycles. The van der Waals surface area contributed by atoms with Crippen LogP contribution in [0.25, 0.3) is 0 Å². The number of hydrogen-bond donors (Lipinski definition) is 7. The summed E-state index contributed by atoms with van der Waals surface area (Å²) in [5, 5.41) is 25.8. The van der Waals surface area contributed by atoms with Crippen molar-refractivity contribution in [1.29, 1.82) is 0 Å². The van der Waals surface area contributed by atoms with Crippen LogP contribution in [0.5, 0.6) is 0 Å². The van der Waals surface area contributed by atoms with Crippen molar-refractivity contribution in [1.82, 2.24) is 16.0 Å². The van der Waals surface area contributed by atoms with Crippen LogP contribution in [0, 0.1) is 11.8 Å². The van der Waals surface area contributed by atoms with E-state index in [0.717, 1.165) is 0 Å². The Hall–Kier alpha value is -2.73. The molecule has 0 rings (SSSR count). The largest absolute Gasteiger partial charge is 0.480 e. The third-order valence-corrected chi connectivity index (χ3v) is 4.47. The third kappa shape index (κ3) is 10.7. The van der Waals surface area contributed by atoms with Gasteiger partial charge in [0.1, 0.15) is 18.1 Å². The van der Waals surface area contributed by atoms with Crippen LogP contribution in [-0.4, -0.2) is 70.6 Å². The molecule has 0 aromatic rings. The van der Waals surface area contributed by atoms with Gasteiger partial charge in [0, 0.05) is 6.42 Å². The van der Waals surface area contributed by atoms with Gasteiger partial charge in [-0.3, -0.25) is 19.2 Å². The Morgan fingerprint density at radius 2 is 1.32 bits per heavy atom. The van der Waals surface area contributed by atoms with Gasteiger partial charge in [-0.15, -0.1) is 0 Å². The summed E-state index contributed by atoms with van der Waals surface area (Å²) >= 11 is 0. The summed E-state index contributed by atoms with van der Waals surface area (Å²) in [5.74, 6) is -4.55. The Morgan fingerprint density at radius 1 is 0.839 bits per heavy atom. The highest BCUT2D eigenvalue weighted by Crippen LogP contribution is 2.07. The van der Waals surface area contributed by atoms with E-state index in [2.05, 4.69) is 16.0 Å². The number of primary amides is 1. The molecule has 0 aromatic carbocycles. The molecular weight excluding hydrogens is 410 g/mol. The summed E-state index contributed by atoms with van der Waals surface area (Å²) in [6.45, 7) is 6.30. The fourth-order valence-corrected chi connectivity index (χ4v) is 2.56. The predicted octanol–water partition coefficient (Wildman–Crippen LogP) is -2.19. The fraction of sp³-hybridized carbons (Fsp3) is 0.737. The average Bonchev–Trinajstić information content (AvgIpc) is 2.66. The summed E-state index contributed by atoms with van der Waals surface area (Å²) in [7, 11) is 0. The zero-order valence-corrected chi connectivity index (χ0v) is 18.4. The molecule has 12 heteroatoms. The van der Waals surface area contributed by atoms with Gasteiger partial charge in [-0.1, -0.05) is 27.7 Å². The first-order valence-corrected chi connectivity index (χ1v) is 10.1. The van der Waals surface area contributed by atoms with E-state index in [4.69, 9.17) is 11.5 Å². The van der Waals surface area contributed by atoms with Crippen LogP contribution in [0.3, 0.4) is 0 Å². The van der Waals surface area contributed by atoms with Crippen LogP contribution >= 0.6 is 0 Å². The van der Waals surface area contributed by atoms with Crippen molar-refractivity contribution in [3.8, 4) is 0 Å². The molecule has 12 nitrogen and oxygen atoms in total. The Balaban J connectivity index is 5.29. The van der Waals surface area contributed by atoms with Crippen LogP contribution in [0.15, 0.2) is 0 Å². The van der Waals surface area contributed by atoms with Gasteiger partial charge in [-0.05, 0) is 24.7 Å². The lowest BCUT2D eigenvalue weighted by molar-refractivity contribution is -0.142. The Kier molecular flexibility index (Phi) is 12.4. The molecule has 0 heterocycles. The molecule has 0 fully saturated rings. The summed E-state index contributed by atoms with van der Waals surface area (Å²) in [6, 6.07) is -4.74. The van der Waals surface area contributed by atoms with Gasteiger partial charge in [0.2, 0.25) is 23.6 Å². The lowest BCUT2D eigenvalue weighted by atomic mass is 10.0. The first-order valence-electron chi connectivity index (χ1n) is 10.1. The second kappa shape index (κ2) is 13.5. The number of aliphatic hydroxyl groups is 1. The normalized spacial score (nSPS) is 15.0. The van der Waals surface area contributed by atoms with Crippen molar-refractivity contribution >= 4 is 29.6 Å². The first-order chi connectivity index (χ1) is 14.3. The SMILES string of the molecule is CC(C)CC(NC(=O)C(CO)NC(=O)C(N)C(C)C)C(=O)NC(CCC(N)=O)C(=O)O. The number of nitrogens with two attached hydrogens (primary N) is 2. The number of carbonyl (C=O) groups is 5. The number of rotatable bonds is 14. The molecule has 0 aliphatic rings. The van der Waals surface area contributed by atoms with Crippen molar-refractivity contribution < 1.29 is 34.2 Å². The van der Waals surface area contributed by atoms with Gasteiger partial charge in [-0.2, -0.15) is 0 Å². The smallest absolute Gasteiger partial charge is 0.326 e. The number of carboxylic acids is 1. The topological polar surface area (TPSA) is 214 Å². The molecular formula is C19H35N5O7. The van der Waals surface area contributed by atoms with E-state index >= 15 is 0 Å². The van der Waals surface area contributed by atoms with E-state index in [-0.39, 0.29) is 31.1 Å². The van der Waals surface area contributed by atoms with Gasteiger partial charge in [-0.25, -0.2) is 4.79 Å². The van der Waals surface area contributed by atoms with Crippen molar-refractivity contribution in [2.75, 3.05) is 6.61 Å². The molecule has 0 aliphatic carbocycles. The summed E-state index contributed by atoms with van der Waals surface area (Å²) < 4.78 is 0. The monoisotopic (exact) mass is 445 g/mol. The Bertz CT molecular complexity index is 654. The molecule has 4 unspecified atom stereocenters. The molecule has 9 N–H and O–H groups in total. The van der Waals surface area contributed by atoms with Crippen LogP contribution in [0.1, 0.15) is 47.0 Å². The molecule has 178 valence electrons. The summed E-state index contributed by atoms with van der Waals surface area (Å²) in [6.07, 6.45) is -0.286. The lowest BCUT2D eigenvalue weighted by Crippen LogP contribution is -2.58. The standard InChI is InChI=1S/C19H35N5O7/c1-9(2)7-12(16(27)22-11(19(30)31)5-6-14(20)26)23-17(28)13(8-25)24-18(29)15(21)10(3)4/h9-13,15,25H,5-8,21H2,1-4H3,(H2,20,26)(H,22,27)(H,23,28)(H,24,29)(H,30,31). The van der Waals surface area contributed by atoms with Gasteiger partial charge < -0.3 is 37.6 Å². The zero-order valence-electron chi connectivity index (χ0n) is 18.4. The van der Waals surface area contributed by atoms with Crippen LogP contribution in [0.4, 0.5) is 0 Å². The van der Waals surface area contributed by atoms with Gasteiger partial charge >= 0.3 is 5.97 Å². The van der Waals surface area contributed by atoms with Crippen molar-refractivity contribution in [2.45, 2.75) is 71.1 Å². The fourth-order valence-electron chi connectivity index (χ4n) is 2.56. The van der Waals surface area contributed by atoms with Crippen LogP contribution in [0.2, 0.25) is 0 Å². The highest BCUT2D eigenvalue weighted by atomic mass is 16.4. The van der Waals surface area contributed by atoms with Crippen LogP contribution in [-0.2, 0) is 24.0 Å². The number of nitrogens with one attached hydrogen (secondary N) is 3. The maximum Gasteiger partial charge on any atom is 0.326 e. The van der Waals surface area contributed by atoms with E-state index in [1.54, 1.807) is 27.7 Å². The van der Waals surface area contributed by atoms with Crippen molar-refractivity contribution in [3.05, 3.63) is 0 Å². The number of amides is 4. The highest BCUT2D eigenvalue weighted by molar-refractivity contribution is 5.94. The van der Waals surface area contributed by atoms with Crippen molar-refractivity contribution in [2.24, 2.45) is 23.3 Å². The molecule has 0 aliphatic heterocycles. The van der Waals surface area contributed by atoms with E-state index in [1.807, 2.05) is 0 Å². The van der Waals surface area contributed by atoms with E-state index in [9.17, 15) is 34.2 Å². The number of aliphatic carboxylic acids is 1. The van der Waals surface area contributed by atoms with E-state index < -0.39 is 60.4 Å². The molecule has 0 bridgehead atoms. The molecule has 4 atom stereocenters. The first kappa shape index (κ1) is 28.3. The number of hydrogen-bond acceptors (Lipinski definition) is 7. The summed E-state index contributed by atoms with van der Waals surface area (Å²) in [5.41, 5.74) is 10.8. The molecule has 0 saturated heterocycles. The number of aliphatic hydroxyl groups excluding tert-OH is 1. The number of carboxylic acid groups (broad SMARTS) is 1. The third-order valence-electron chi connectivity index (χ3n) is 4.47. The van der Waals surface area contributed by atoms with Gasteiger partial charge in [0.05, 0.1) is 12.6 Å². The minimum absolute atomic E-state index is 0.0542. The number of carbonyl (C=O) groups excluding carboxylic acids is 4. The molecule has 0 radical (unpaired) electrons. The lowest BCUT2D eigenvalue weighted by Gasteiger charge is -2.25. The predicted molar refractivity (Wildman–Crippen MR) is 111 cm³/mol. The highest BCUT2D eigenvalue weighted by Gasteiger charge is 2.30. The maximum absolute atomic E-state index is 12.6. The molecule has 0 spiro atoms. The average molecular weight is 446 g/mol. The quantitative estimate of drug-likeness (QED) is 0.155. The Morgan fingerprint density at radius 3 is 1.74 bits per heavy atom. The van der Waals surface area contributed by atoms with E-state index in [1.165, 1.54) is 0 Å². The molecule has 31 heavy (non-hydrogen) atoms. The second-order valence-electron chi connectivity index (χ2n) is 8.11. The van der Waals surface area contributed by atoms with Gasteiger partial charge in [0.25, 0.3) is 0 Å². The minimum Gasteiger partial charge on any atom is -0.480 e.